The van der Waals surface area contributed by atoms with Crippen molar-refractivity contribution in [2.45, 2.75) is 32.6 Å². The third kappa shape index (κ3) is 3.78. The van der Waals surface area contributed by atoms with E-state index in [2.05, 4.69) is 31.1 Å². The zero-order chi connectivity index (χ0) is 17.1. The number of hydrogen-bond acceptors (Lipinski definition) is 6. The molecule has 7 nitrogen and oxygen atoms in total. The Labute approximate surface area is 146 Å². The highest BCUT2D eigenvalue weighted by atomic mass is 16.5. The lowest BCUT2D eigenvalue weighted by Gasteiger charge is -2.12. The average Bonchev–Trinajstić information content (AvgIpc) is 3.17. The maximum atomic E-state index is 5.37. The predicted molar refractivity (Wildman–Crippen MR) is 93.5 cm³/mol. The van der Waals surface area contributed by atoms with Gasteiger partial charge in [0.25, 0.3) is 5.89 Å². The van der Waals surface area contributed by atoms with Gasteiger partial charge in [0.05, 0.1) is 17.9 Å². The van der Waals surface area contributed by atoms with E-state index in [0.717, 1.165) is 43.9 Å². The summed E-state index contributed by atoms with van der Waals surface area (Å²) in [5.74, 6) is 1.24. The van der Waals surface area contributed by atoms with Crippen LogP contribution in [0.4, 0.5) is 0 Å². The molecule has 1 aromatic carbocycles. The van der Waals surface area contributed by atoms with Crippen LogP contribution in [-0.4, -0.2) is 38.4 Å². The van der Waals surface area contributed by atoms with Crippen molar-refractivity contribution in [3.8, 4) is 11.5 Å². The van der Waals surface area contributed by atoms with Crippen LogP contribution < -0.4 is 5.32 Å². The van der Waals surface area contributed by atoms with Gasteiger partial charge in [-0.2, -0.15) is 10.1 Å². The molecule has 0 spiro atoms. The van der Waals surface area contributed by atoms with Crippen LogP contribution in [0.25, 0.3) is 11.5 Å². The number of benzene rings is 1. The van der Waals surface area contributed by atoms with Gasteiger partial charge < -0.3 is 9.84 Å². The first-order chi connectivity index (χ1) is 12.3. The van der Waals surface area contributed by atoms with E-state index in [1.165, 1.54) is 5.69 Å². The fraction of sp³-hybridized carbons (Fsp3) is 0.389. The lowest BCUT2D eigenvalue weighted by Crippen LogP contribution is -2.18. The predicted octanol–water partition coefficient (Wildman–Crippen LogP) is 2.06. The Morgan fingerprint density at radius 1 is 1.24 bits per heavy atom. The van der Waals surface area contributed by atoms with Crippen molar-refractivity contribution in [1.29, 1.82) is 0 Å². The van der Waals surface area contributed by atoms with Crippen molar-refractivity contribution in [3.05, 3.63) is 53.6 Å². The second-order valence-electron chi connectivity index (χ2n) is 6.43. The van der Waals surface area contributed by atoms with Crippen molar-refractivity contribution in [2.75, 3.05) is 13.6 Å². The Kier molecular flexibility index (Phi) is 4.58. The molecule has 0 unspecified atom stereocenters. The largest absolute Gasteiger partial charge is 0.334 e. The molecule has 1 aliphatic rings. The van der Waals surface area contributed by atoms with Crippen LogP contribution in [0.2, 0.25) is 0 Å². The Bertz CT molecular complexity index is 802. The normalized spacial score (nSPS) is 14.5. The quantitative estimate of drug-likeness (QED) is 0.768. The van der Waals surface area contributed by atoms with Gasteiger partial charge in [-0.3, -0.25) is 9.58 Å². The molecular formula is C18H22N6O. The number of rotatable bonds is 5. The Hall–Kier alpha value is -2.51. The smallest absolute Gasteiger partial charge is 0.257 e. The molecular weight excluding hydrogens is 316 g/mol. The molecule has 2 aromatic heterocycles. The third-order valence-corrected chi connectivity index (χ3v) is 4.28. The molecule has 0 amide bonds. The van der Waals surface area contributed by atoms with E-state index >= 15 is 0 Å². The summed E-state index contributed by atoms with van der Waals surface area (Å²) in [5, 5.41) is 12.2. The monoisotopic (exact) mass is 338 g/mol. The van der Waals surface area contributed by atoms with Gasteiger partial charge >= 0.3 is 0 Å². The summed E-state index contributed by atoms with van der Waals surface area (Å²) in [7, 11) is 2.04. The van der Waals surface area contributed by atoms with Gasteiger partial charge in [-0.05, 0) is 38.2 Å². The van der Waals surface area contributed by atoms with Crippen LogP contribution >= 0.6 is 0 Å². The zero-order valence-corrected chi connectivity index (χ0v) is 14.4. The van der Waals surface area contributed by atoms with E-state index in [-0.39, 0.29) is 0 Å². The first kappa shape index (κ1) is 16.0. The highest BCUT2D eigenvalue weighted by Crippen LogP contribution is 2.17. The zero-order valence-electron chi connectivity index (χ0n) is 14.4. The highest BCUT2D eigenvalue weighted by Gasteiger charge is 2.14. The van der Waals surface area contributed by atoms with Gasteiger partial charge in [-0.25, -0.2) is 0 Å². The van der Waals surface area contributed by atoms with E-state index in [0.29, 0.717) is 18.3 Å². The van der Waals surface area contributed by atoms with E-state index in [1.54, 1.807) is 0 Å². The van der Waals surface area contributed by atoms with E-state index in [1.807, 2.05) is 37.4 Å². The van der Waals surface area contributed by atoms with Crippen LogP contribution in [0.15, 0.2) is 40.9 Å². The van der Waals surface area contributed by atoms with Crippen molar-refractivity contribution < 1.29 is 4.52 Å². The fourth-order valence-electron chi connectivity index (χ4n) is 3.09. The summed E-state index contributed by atoms with van der Waals surface area (Å²) >= 11 is 0. The number of nitrogens with zero attached hydrogens (tertiary/aromatic N) is 5. The molecule has 0 bridgehead atoms. The van der Waals surface area contributed by atoms with Crippen molar-refractivity contribution in [3.63, 3.8) is 0 Å². The van der Waals surface area contributed by atoms with Crippen LogP contribution in [0, 0.1) is 0 Å². The van der Waals surface area contributed by atoms with Crippen LogP contribution in [0.1, 0.15) is 23.6 Å². The topological polar surface area (TPSA) is 72.0 Å². The van der Waals surface area contributed by atoms with Gasteiger partial charge in [0.1, 0.15) is 0 Å². The molecule has 0 aliphatic carbocycles. The van der Waals surface area contributed by atoms with Gasteiger partial charge in [0.2, 0.25) is 0 Å². The molecule has 7 heteroatoms. The summed E-state index contributed by atoms with van der Waals surface area (Å²) in [5.41, 5.74) is 3.27. The molecule has 1 N–H and O–H groups in total. The Morgan fingerprint density at radius 2 is 2.12 bits per heavy atom. The molecule has 3 heterocycles. The third-order valence-electron chi connectivity index (χ3n) is 4.28. The number of aromatic nitrogens is 4. The van der Waals surface area contributed by atoms with E-state index in [9.17, 15) is 0 Å². The lowest BCUT2D eigenvalue weighted by atomic mass is 10.2. The van der Waals surface area contributed by atoms with E-state index in [4.69, 9.17) is 9.62 Å². The second-order valence-corrected chi connectivity index (χ2v) is 6.43. The van der Waals surface area contributed by atoms with E-state index < -0.39 is 0 Å². The highest BCUT2D eigenvalue weighted by molar-refractivity contribution is 5.51. The first-order valence-corrected chi connectivity index (χ1v) is 8.61. The van der Waals surface area contributed by atoms with Gasteiger partial charge in [-0.1, -0.05) is 23.4 Å². The number of aryl methyl sites for hydroxylation is 1. The van der Waals surface area contributed by atoms with Crippen LogP contribution in [0.5, 0.6) is 0 Å². The molecule has 0 radical (unpaired) electrons. The standard InChI is InChI=1S/C18H22N6O/c1-23(12-15-10-16-11-19-8-5-9-24(16)21-15)13-17-20-18(25-22-17)14-6-3-2-4-7-14/h2-4,6-7,10,19H,5,8-9,11-13H2,1H3. The summed E-state index contributed by atoms with van der Waals surface area (Å²) in [6, 6.07) is 12.0. The molecule has 3 aromatic rings. The summed E-state index contributed by atoms with van der Waals surface area (Å²) in [6.45, 7) is 4.31. The molecule has 25 heavy (non-hydrogen) atoms. The minimum atomic E-state index is 0.559. The molecule has 0 saturated carbocycles. The molecule has 0 fully saturated rings. The maximum absolute atomic E-state index is 5.37. The Morgan fingerprint density at radius 3 is 3.00 bits per heavy atom. The lowest BCUT2D eigenvalue weighted by molar-refractivity contribution is 0.297. The Balaban J connectivity index is 1.39. The number of nitrogens with one attached hydrogen (secondary N) is 1. The van der Waals surface area contributed by atoms with Gasteiger partial charge in [0, 0.05) is 25.2 Å². The minimum Gasteiger partial charge on any atom is -0.334 e. The average molecular weight is 338 g/mol. The van der Waals surface area contributed by atoms with Crippen LogP contribution in [0.3, 0.4) is 0 Å². The van der Waals surface area contributed by atoms with Crippen molar-refractivity contribution in [2.24, 2.45) is 0 Å². The van der Waals surface area contributed by atoms with Gasteiger partial charge in [0.15, 0.2) is 5.82 Å². The fourth-order valence-corrected chi connectivity index (χ4v) is 3.09. The summed E-state index contributed by atoms with van der Waals surface area (Å²) < 4.78 is 7.48. The second kappa shape index (κ2) is 7.16. The molecule has 0 saturated heterocycles. The molecule has 1 aliphatic heterocycles. The van der Waals surface area contributed by atoms with Crippen LogP contribution in [-0.2, 0) is 26.2 Å². The van der Waals surface area contributed by atoms with Gasteiger partial charge in [-0.15, -0.1) is 0 Å². The summed E-state index contributed by atoms with van der Waals surface area (Å²) in [4.78, 5) is 6.63. The molecule has 0 atom stereocenters. The molecule has 4 rings (SSSR count). The minimum absolute atomic E-state index is 0.559. The van der Waals surface area contributed by atoms with Crippen molar-refractivity contribution >= 4 is 0 Å². The maximum Gasteiger partial charge on any atom is 0.257 e. The number of fused-ring (bicyclic) bond motifs is 1. The SMILES string of the molecule is CN(Cc1cc2n(n1)CCCNC2)Cc1noc(-c2ccccc2)n1. The molecule has 130 valence electrons. The first-order valence-electron chi connectivity index (χ1n) is 8.61. The number of hydrogen-bond donors (Lipinski definition) is 1. The summed E-state index contributed by atoms with van der Waals surface area (Å²) in [6.07, 6.45) is 1.12. The van der Waals surface area contributed by atoms with Crippen molar-refractivity contribution in [1.82, 2.24) is 30.1 Å².